The van der Waals surface area contributed by atoms with Gasteiger partial charge < -0.3 is 20.1 Å². The van der Waals surface area contributed by atoms with Crippen molar-refractivity contribution in [2.75, 3.05) is 25.5 Å². The number of aromatic nitrogens is 3. The molecule has 0 aliphatic carbocycles. The molecule has 0 radical (unpaired) electrons. The van der Waals surface area contributed by atoms with E-state index in [-0.39, 0.29) is 18.1 Å². The van der Waals surface area contributed by atoms with Crippen LogP contribution in [0.25, 0.3) is 22.0 Å². The van der Waals surface area contributed by atoms with E-state index in [0.717, 1.165) is 40.6 Å². The number of nitrogens with one attached hydrogen (secondary N) is 1. The molecule has 1 fully saturated rings. The zero-order valence-electron chi connectivity index (χ0n) is 19.9. The lowest BCUT2D eigenvalue weighted by Gasteiger charge is -2.35. The molecule has 0 bridgehead atoms. The lowest BCUT2D eigenvalue weighted by Crippen LogP contribution is -2.44. The predicted octanol–water partition coefficient (Wildman–Crippen LogP) is 4.85. The number of methoxy groups -OCH3 is 1. The quantitative estimate of drug-likeness (QED) is 0.534. The highest BCUT2D eigenvalue weighted by Crippen LogP contribution is 2.34. The number of carbonyl (C=O) groups excluding carboxylic acids is 1. The van der Waals surface area contributed by atoms with Crippen molar-refractivity contribution in [1.82, 2.24) is 19.9 Å². The second kappa shape index (κ2) is 9.72. The molecule has 1 aliphatic rings. The molecule has 0 spiro atoms. The van der Waals surface area contributed by atoms with E-state index in [9.17, 15) is 9.90 Å². The van der Waals surface area contributed by atoms with Crippen LogP contribution in [0.4, 0.5) is 10.5 Å². The molecule has 34 heavy (non-hydrogen) atoms. The van der Waals surface area contributed by atoms with E-state index in [1.165, 1.54) is 7.11 Å². The summed E-state index contributed by atoms with van der Waals surface area (Å²) in [7, 11) is 1.41. The van der Waals surface area contributed by atoms with Gasteiger partial charge in [-0.3, -0.25) is 4.98 Å². The number of rotatable bonds is 5. The molecule has 2 atom stereocenters. The van der Waals surface area contributed by atoms with Gasteiger partial charge in [-0.15, -0.1) is 0 Å². The van der Waals surface area contributed by atoms with Gasteiger partial charge in [0.2, 0.25) is 0 Å². The summed E-state index contributed by atoms with van der Waals surface area (Å²) in [6, 6.07) is 6.01. The topological polar surface area (TPSA) is 100 Å². The number of ether oxygens (including phenoxy) is 1. The second-order valence-corrected chi connectivity index (χ2v) is 9.73. The van der Waals surface area contributed by atoms with Crippen molar-refractivity contribution < 1.29 is 14.6 Å². The molecular weight excluding hydrogens is 454 g/mol. The van der Waals surface area contributed by atoms with Gasteiger partial charge in [0.25, 0.3) is 0 Å². The number of pyridine rings is 1. The molecule has 3 heterocycles. The molecule has 1 unspecified atom stereocenters. The van der Waals surface area contributed by atoms with Gasteiger partial charge in [-0.25, -0.2) is 14.8 Å². The number of hydrogen-bond donors (Lipinski definition) is 2. The van der Waals surface area contributed by atoms with Crippen molar-refractivity contribution in [3.8, 4) is 11.1 Å². The second-order valence-electron chi connectivity index (χ2n) is 9.32. The highest BCUT2D eigenvalue weighted by atomic mass is 35.5. The van der Waals surface area contributed by atoms with Crippen molar-refractivity contribution in [3.63, 3.8) is 0 Å². The number of benzene rings is 1. The van der Waals surface area contributed by atoms with E-state index in [1.807, 2.05) is 18.2 Å². The number of anilines is 1. The summed E-state index contributed by atoms with van der Waals surface area (Å²) >= 11 is 6.60. The fourth-order valence-corrected chi connectivity index (χ4v) is 4.55. The Morgan fingerprint density at radius 1 is 1.24 bits per heavy atom. The molecule has 8 nitrogen and oxygen atoms in total. The zero-order valence-corrected chi connectivity index (χ0v) is 20.6. The van der Waals surface area contributed by atoms with Gasteiger partial charge >= 0.3 is 6.09 Å². The molecule has 2 N–H and O–H groups in total. The molecule has 9 heteroatoms. The monoisotopic (exact) mass is 483 g/mol. The van der Waals surface area contributed by atoms with E-state index >= 15 is 0 Å². The number of halogens is 1. The minimum absolute atomic E-state index is 0.0774. The highest BCUT2D eigenvalue weighted by Gasteiger charge is 2.28. The molecule has 1 amide bonds. The average molecular weight is 484 g/mol. The largest absolute Gasteiger partial charge is 0.453 e. The van der Waals surface area contributed by atoms with E-state index in [2.05, 4.69) is 27.2 Å². The molecule has 4 rings (SSSR count). The van der Waals surface area contributed by atoms with Crippen LogP contribution in [0.2, 0.25) is 5.02 Å². The first kappa shape index (κ1) is 24.2. The number of amides is 1. The zero-order chi connectivity index (χ0) is 24.5. The van der Waals surface area contributed by atoms with Gasteiger partial charge in [0.05, 0.1) is 23.3 Å². The van der Waals surface area contributed by atoms with E-state index < -0.39 is 5.60 Å². The van der Waals surface area contributed by atoms with Crippen LogP contribution < -0.4 is 5.32 Å². The van der Waals surface area contributed by atoms with Gasteiger partial charge in [-0.2, -0.15) is 0 Å². The van der Waals surface area contributed by atoms with Crippen LogP contribution in [0.15, 0.2) is 36.8 Å². The lowest BCUT2D eigenvalue weighted by atomic mass is 9.91. The van der Waals surface area contributed by atoms with Gasteiger partial charge in [0.1, 0.15) is 5.60 Å². The fourth-order valence-electron chi connectivity index (χ4n) is 4.35. The third-order valence-electron chi connectivity index (χ3n) is 6.32. The van der Waals surface area contributed by atoms with Crippen LogP contribution in [0.3, 0.4) is 0 Å². The molecule has 180 valence electrons. The van der Waals surface area contributed by atoms with Crippen LogP contribution in [0.1, 0.15) is 39.4 Å². The van der Waals surface area contributed by atoms with Crippen molar-refractivity contribution >= 4 is 34.3 Å². The van der Waals surface area contributed by atoms with Crippen LogP contribution in [-0.2, 0) is 10.3 Å². The number of piperidine rings is 1. The summed E-state index contributed by atoms with van der Waals surface area (Å²) in [5.74, 6) is 0.629. The molecule has 0 saturated carbocycles. The van der Waals surface area contributed by atoms with Gasteiger partial charge in [0.15, 0.2) is 5.82 Å². The lowest BCUT2D eigenvalue weighted by molar-refractivity contribution is 0.0687. The van der Waals surface area contributed by atoms with Crippen molar-refractivity contribution in [2.45, 2.75) is 45.3 Å². The number of nitrogens with zero attached hydrogens (tertiary/aromatic N) is 4. The third kappa shape index (κ3) is 5.08. The summed E-state index contributed by atoms with van der Waals surface area (Å²) in [6.45, 7) is 6.77. The minimum atomic E-state index is -1.10. The number of hydrogen-bond acceptors (Lipinski definition) is 7. The first-order valence-electron chi connectivity index (χ1n) is 11.4. The van der Waals surface area contributed by atoms with Crippen LogP contribution in [0, 0.1) is 5.92 Å². The van der Waals surface area contributed by atoms with E-state index in [1.54, 1.807) is 37.3 Å². The number of carbonyl (C=O) groups is 1. The smallest absolute Gasteiger partial charge is 0.409 e. The van der Waals surface area contributed by atoms with Crippen molar-refractivity contribution in [1.29, 1.82) is 0 Å². The first-order chi connectivity index (χ1) is 16.2. The maximum absolute atomic E-state index is 12.0. The Hall–Kier alpha value is -2.97. The minimum Gasteiger partial charge on any atom is -0.453 e. The average Bonchev–Trinajstić information content (AvgIpc) is 2.84. The fraction of sp³-hybridized carbons (Fsp3) is 0.440. The number of likely N-dealkylation sites (tertiary alicyclic amines) is 1. The SMILES string of the molecule is COC(=O)N1CCCC([C@H](C)Nc2c(Cl)cnc3ccc(-c4cnc(C(C)(C)O)nc4)cc23)C1. The summed E-state index contributed by atoms with van der Waals surface area (Å²) in [6.07, 6.45) is 6.73. The van der Waals surface area contributed by atoms with Crippen LogP contribution >= 0.6 is 11.6 Å². The summed E-state index contributed by atoms with van der Waals surface area (Å²) in [4.78, 5) is 26.9. The Balaban J connectivity index is 1.62. The third-order valence-corrected chi connectivity index (χ3v) is 6.61. The molecule has 3 aromatic rings. The Bertz CT molecular complexity index is 1180. The molecule has 1 aromatic carbocycles. The maximum Gasteiger partial charge on any atom is 0.409 e. The normalized spacial score (nSPS) is 17.5. The Labute approximate surface area is 204 Å². The van der Waals surface area contributed by atoms with E-state index in [4.69, 9.17) is 16.3 Å². The number of aliphatic hydroxyl groups is 1. The Morgan fingerprint density at radius 3 is 2.65 bits per heavy atom. The molecule has 1 aliphatic heterocycles. The predicted molar refractivity (Wildman–Crippen MR) is 133 cm³/mol. The van der Waals surface area contributed by atoms with Gasteiger partial charge in [-0.05, 0) is 57.2 Å². The standard InChI is InChI=1S/C25H30ClN5O3/c1-15(17-6-5-9-31(14-17)24(32)34-4)30-22-19-10-16(7-8-21(19)27-13-20(22)26)18-11-28-23(29-12-18)25(2,3)33/h7-8,10-13,15,17,33H,5-6,9,14H2,1-4H3,(H,27,30)/t15-,17?/m0/s1. The van der Waals surface area contributed by atoms with Gasteiger partial charge in [-0.1, -0.05) is 17.7 Å². The molecule has 2 aromatic heterocycles. The van der Waals surface area contributed by atoms with E-state index in [0.29, 0.717) is 23.9 Å². The summed E-state index contributed by atoms with van der Waals surface area (Å²) < 4.78 is 4.91. The van der Waals surface area contributed by atoms with Crippen molar-refractivity contribution in [2.24, 2.45) is 5.92 Å². The summed E-state index contributed by atoms with van der Waals surface area (Å²) in [5.41, 5.74) is 2.27. The Morgan fingerprint density at radius 2 is 1.97 bits per heavy atom. The van der Waals surface area contributed by atoms with Gasteiger partial charge in [0, 0.05) is 48.7 Å². The highest BCUT2D eigenvalue weighted by molar-refractivity contribution is 6.34. The van der Waals surface area contributed by atoms with Crippen LogP contribution in [-0.4, -0.2) is 57.3 Å². The number of fused-ring (bicyclic) bond motifs is 1. The first-order valence-corrected chi connectivity index (χ1v) is 11.8. The molecule has 1 saturated heterocycles. The van der Waals surface area contributed by atoms with Crippen molar-refractivity contribution in [3.05, 3.63) is 47.6 Å². The molecular formula is C25H30ClN5O3. The summed E-state index contributed by atoms with van der Waals surface area (Å²) in [5, 5.41) is 15.1. The van der Waals surface area contributed by atoms with Crippen LogP contribution in [0.5, 0.6) is 0 Å². The Kier molecular flexibility index (Phi) is 6.91. The maximum atomic E-state index is 12.0.